The number of aromatic nitrogens is 5. The minimum absolute atomic E-state index is 0.135. The molecule has 28 heavy (non-hydrogen) atoms. The Hall–Kier alpha value is -3.03. The fourth-order valence-corrected chi connectivity index (χ4v) is 3.87. The average molecular weight is 378 g/mol. The van der Waals surface area contributed by atoms with Crippen molar-refractivity contribution in [1.29, 1.82) is 0 Å². The van der Waals surface area contributed by atoms with Crippen molar-refractivity contribution >= 4 is 5.91 Å². The van der Waals surface area contributed by atoms with Gasteiger partial charge in [-0.2, -0.15) is 4.98 Å². The first-order valence-corrected chi connectivity index (χ1v) is 9.88. The van der Waals surface area contributed by atoms with Gasteiger partial charge in [0.15, 0.2) is 5.69 Å². The third-order valence-electron chi connectivity index (χ3n) is 5.72. The Bertz CT molecular complexity index is 962. The van der Waals surface area contributed by atoms with Crippen LogP contribution in [-0.4, -0.2) is 49.0 Å². The third kappa shape index (κ3) is 3.19. The number of piperidine rings is 1. The number of amides is 1. The molecule has 0 unspecified atom stereocenters. The van der Waals surface area contributed by atoms with Crippen molar-refractivity contribution in [3.8, 4) is 23.0 Å². The number of likely N-dealkylation sites (tertiary alicyclic amines) is 1. The Balaban J connectivity index is 1.31. The summed E-state index contributed by atoms with van der Waals surface area (Å²) in [5, 5.41) is 12.5. The van der Waals surface area contributed by atoms with Gasteiger partial charge in [0.2, 0.25) is 11.7 Å². The molecule has 1 saturated heterocycles. The van der Waals surface area contributed by atoms with Gasteiger partial charge < -0.3 is 9.42 Å². The molecule has 8 nitrogen and oxygen atoms in total. The molecule has 3 heterocycles. The van der Waals surface area contributed by atoms with Gasteiger partial charge in [-0.15, -0.1) is 5.10 Å². The number of hydrogen-bond acceptors (Lipinski definition) is 6. The molecule has 1 aliphatic heterocycles. The Labute approximate surface area is 162 Å². The van der Waals surface area contributed by atoms with Gasteiger partial charge >= 0.3 is 0 Å². The number of nitrogens with zero attached hydrogens (tertiary/aromatic N) is 6. The zero-order valence-electron chi connectivity index (χ0n) is 15.6. The summed E-state index contributed by atoms with van der Waals surface area (Å²) in [4.78, 5) is 19.0. The van der Waals surface area contributed by atoms with Crippen LogP contribution in [0, 0.1) is 5.92 Å². The molecule has 0 bridgehead atoms. The van der Waals surface area contributed by atoms with E-state index in [0.717, 1.165) is 37.8 Å². The molecule has 2 aromatic heterocycles. The molecular weight excluding hydrogens is 356 g/mol. The van der Waals surface area contributed by atoms with Gasteiger partial charge in [-0.1, -0.05) is 47.1 Å². The van der Waals surface area contributed by atoms with Crippen molar-refractivity contribution in [3.05, 3.63) is 36.5 Å². The van der Waals surface area contributed by atoms with Crippen LogP contribution in [-0.2, 0) is 4.79 Å². The van der Waals surface area contributed by atoms with Crippen molar-refractivity contribution < 1.29 is 9.32 Å². The molecule has 0 spiro atoms. The molecule has 1 atom stereocenters. The number of rotatable bonds is 4. The summed E-state index contributed by atoms with van der Waals surface area (Å²) in [5.74, 6) is 1.42. The average Bonchev–Trinajstić information content (AvgIpc) is 3.37. The van der Waals surface area contributed by atoms with E-state index in [0.29, 0.717) is 29.9 Å². The van der Waals surface area contributed by atoms with Gasteiger partial charge in [0.1, 0.15) is 0 Å². The molecule has 5 rings (SSSR count). The molecule has 1 aliphatic carbocycles. The van der Waals surface area contributed by atoms with Crippen molar-refractivity contribution in [2.75, 3.05) is 13.1 Å². The summed E-state index contributed by atoms with van der Waals surface area (Å²) in [7, 11) is 0. The number of carbonyl (C=O) groups excluding carboxylic acids is 1. The summed E-state index contributed by atoms with van der Waals surface area (Å²) < 4.78 is 7.21. The molecular formula is C20H22N6O2. The van der Waals surface area contributed by atoms with Crippen LogP contribution in [0.25, 0.3) is 23.0 Å². The maximum absolute atomic E-state index is 12.6. The highest BCUT2D eigenvalue weighted by Gasteiger charge is 2.33. The van der Waals surface area contributed by atoms with Gasteiger partial charge in [0, 0.05) is 24.6 Å². The maximum atomic E-state index is 12.6. The Morgan fingerprint density at radius 1 is 1.11 bits per heavy atom. The lowest BCUT2D eigenvalue weighted by Gasteiger charge is -2.37. The van der Waals surface area contributed by atoms with Crippen LogP contribution < -0.4 is 0 Å². The van der Waals surface area contributed by atoms with Crippen molar-refractivity contribution in [1.82, 2.24) is 30.0 Å². The van der Waals surface area contributed by atoms with Gasteiger partial charge in [-0.05, 0) is 25.7 Å². The molecule has 0 N–H and O–H groups in total. The first-order chi connectivity index (χ1) is 13.8. The second-order valence-electron chi connectivity index (χ2n) is 7.58. The van der Waals surface area contributed by atoms with Crippen LogP contribution in [0.2, 0.25) is 0 Å². The maximum Gasteiger partial charge on any atom is 0.280 e. The van der Waals surface area contributed by atoms with E-state index in [1.807, 2.05) is 46.1 Å². The molecule has 3 aromatic rings. The molecule has 1 saturated carbocycles. The molecule has 2 fully saturated rings. The Morgan fingerprint density at radius 3 is 2.75 bits per heavy atom. The molecule has 8 heteroatoms. The summed E-state index contributed by atoms with van der Waals surface area (Å²) >= 11 is 0. The lowest BCUT2D eigenvalue weighted by atomic mass is 9.84. The summed E-state index contributed by atoms with van der Waals surface area (Å²) in [6.45, 7) is 1.54. The monoisotopic (exact) mass is 378 g/mol. The van der Waals surface area contributed by atoms with Gasteiger partial charge in [0.05, 0.1) is 12.2 Å². The molecule has 1 amide bonds. The quantitative estimate of drug-likeness (QED) is 0.693. The fraction of sp³-hybridized carbons (Fsp3) is 0.450. The predicted octanol–water partition coefficient (Wildman–Crippen LogP) is 2.96. The largest absolute Gasteiger partial charge is 0.340 e. The van der Waals surface area contributed by atoms with E-state index in [1.54, 1.807) is 0 Å². The third-order valence-corrected chi connectivity index (χ3v) is 5.72. The van der Waals surface area contributed by atoms with Gasteiger partial charge in [-0.25, -0.2) is 4.68 Å². The smallest absolute Gasteiger partial charge is 0.280 e. The zero-order chi connectivity index (χ0) is 18.9. The summed E-state index contributed by atoms with van der Waals surface area (Å²) in [6, 6.07) is 9.81. The zero-order valence-corrected chi connectivity index (χ0v) is 15.6. The topological polar surface area (TPSA) is 89.9 Å². The van der Waals surface area contributed by atoms with Crippen molar-refractivity contribution in [3.63, 3.8) is 0 Å². The van der Waals surface area contributed by atoms with E-state index in [-0.39, 0.29) is 12.0 Å². The standard InChI is InChI=1S/C20H22N6O2/c27-20(15-8-4-9-15)25-11-5-10-16(12-25)26-13-17(22-24-26)19-21-18(23-28-19)14-6-2-1-3-7-14/h1-3,6-7,13,15-16H,4-5,8-12H2/t16-/m1/s1. The van der Waals surface area contributed by atoms with E-state index in [2.05, 4.69) is 20.5 Å². The van der Waals surface area contributed by atoms with Crippen molar-refractivity contribution in [2.24, 2.45) is 5.92 Å². The predicted molar refractivity (Wildman–Crippen MR) is 101 cm³/mol. The highest BCUT2D eigenvalue weighted by molar-refractivity contribution is 5.79. The van der Waals surface area contributed by atoms with E-state index in [9.17, 15) is 4.79 Å². The first-order valence-electron chi connectivity index (χ1n) is 9.88. The van der Waals surface area contributed by atoms with Crippen molar-refractivity contribution in [2.45, 2.75) is 38.1 Å². The Kier molecular flexibility index (Phi) is 4.38. The van der Waals surface area contributed by atoms with E-state index >= 15 is 0 Å². The number of benzene rings is 1. The lowest BCUT2D eigenvalue weighted by Crippen LogP contribution is -2.45. The van der Waals surface area contributed by atoms with Crippen LogP contribution in [0.5, 0.6) is 0 Å². The highest BCUT2D eigenvalue weighted by Crippen LogP contribution is 2.31. The molecule has 2 aliphatic rings. The van der Waals surface area contributed by atoms with Crippen LogP contribution in [0.3, 0.4) is 0 Å². The van der Waals surface area contributed by atoms with Crippen LogP contribution in [0.15, 0.2) is 41.1 Å². The number of hydrogen-bond donors (Lipinski definition) is 0. The second kappa shape index (κ2) is 7.18. The number of carbonyl (C=O) groups is 1. The van der Waals surface area contributed by atoms with E-state index in [4.69, 9.17) is 4.52 Å². The van der Waals surface area contributed by atoms with Gasteiger partial charge in [0.25, 0.3) is 5.89 Å². The normalized spacial score (nSPS) is 20.1. The second-order valence-corrected chi connectivity index (χ2v) is 7.58. The van der Waals surface area contributed by atoms with Gasteiger partial charge in [-0.3, -0.25) is 4.79 Å². The minimum atomic E-state index is 0.135. The first kappa shape index (κ1) is 17.1. The van der Waals surface area contributed by atoms with E-state index < -0.39 is 0 Å². The fourth-order valence-electron chi connectivity index (χ4n) is 3.87. The van der Waals surface area contributed by atoms with Crippen LogP contribution in [0.4, 0.5) is 0 Å². The van der Waals surface area contributed by atoms with Crippen LogP contribution in [0.1, 0.15) is 38.1 Å². The molecule has 0 radical (unpaired) electrons. The summed E-state index contributed by atoms with van der Waals surface area (Å²) in [6.07, 6.45) is 7.05. The molecule has 144 valence electrons. The lowest BCUT2D eigenvalue weighted by molar-refractivity contribution is -0.139. The SMILES string of the molecule is O=C(C1CCC1)N1CCC[C@@H](n2cc(-c3nc(-c4ccccc4)no3)nn2)C1. The summed E-state index contributed by atoms with van der Waals surface area (Å²) in [5.41, 5.74) is 1.44. The Morgan fingerprint density at radius 2 is 1.96 bits per heavy atom. The molecule has 1 aromatic carbocycles. The highest BCUT2D eigenvalue weighted by atomic mass is 16.5. The van der Waals surface area contributed by atoms with Crippen LogP contribution >= 0.6 is 0 Å². The van der Waals surface area contributed by atoms with E-state index in [1.165, 1.54) is 6.42 Å². The minimum Gasteiger partial charge on any atom is -0.340 e.